The first-order valence-electron chi connectivity index (χ1n) is 6.12. The second-order valence-electron chi connectivity index (χ2n) is 4.72. The van der Waals surface area contributed by atoms with Crippen molar-refractivity contribution >= 4 is 11.7 Å². The highest BCUT2D eigenvalue weighted by molar-refractivity contribution is 5.89. The van der Waals surface area contributed by atoms with E-state index in [2.05, 4.69) is 15.6 Å². The molecular weight excluding hydrogens is 230 g/mol. The van der Waals surface area contributed by atoms with Crippen molar-refractivity contribution in [1.29, 1.82) is 0 Å². The molecule has 0 aromatic carbocycles. The van der Waals surface area contributed by atoms with Crippen LogP contribution in [0.1, 0.15) is 25.8 Å². The highest BCUT2D eigenvalue weighted by Crippen LogP contribution is 2.11. The van der Waals surface area contributed by atoms with E-state index in [1.54, 1.807) is 25.4 Å². The summed E-state index contributed by atoms with van der Waals surface area (Å²) in [6, 6.07) is 1.52. The average molecular weight is 251 g/mol. The van der Waals surface area contributed by atoms with Gasteiger partial charge in [-0.25, -0.2) is 4.79 Å². The monoisotopic (exact) mass is 251 g/mol. The van der Waals surface area contributed by atoms with Gasteiger partial charge in [-0.3, -0.25) is 4.98 Å². The Morgan fingerprint density at radius 3 is 2.83 bits per heavy atom. The third kappa shape index (κ3) is 5.14. The molecule has 2 atom stereocenters. The number of anilines is 1. The predicted octanol–water partition coefficient (Wildman–Crippen LogP) is 1.92. The molecule has 1 rings (SSSR count). The number of pyridine rings is 1. The Labute approximate surface area is 108 Å². The standard InChI is InChI=1S/C13H21N3O2/c1-9(6-11(3)17)7-15-13(18)16-12-4-5-14-8-10(12)2/h4-5,8-9,11,17H,6-7H2,1-3H3,(H2,14,15,16,18). The first kappa shape index (κ1) is 14.4. The molecule has 0 fully saturated rings. The molecule has 0 aliphatic rings. The molecule has 0 aliphatic carbocycles. The van der Waals surface area contributed by atoms with Crippen molar-refractivity contribution in [2.75, 3.05) is 11.9 Å². The van der Waals surface area contributed by atoms with Crippen molar-refractivity contribution in [3.63, 3.8) is 0 Å². The van der Waals surface area contributed by atoms with Gasteiger partial charge in [0, 0.05) is 24.6 Å². The Hall–Kier alpha value is -1.62. The normalized spacial score (nSPS) is 13.8. The topological polar surface area (TPSA) is 74.2 Å². The number of aryl methyl sites for hydroxylation is 1. The van der Waals surface area contributed by atoms with Crippen LogP contribution in [0.5, 0.6) is 0 Å². The number of amides is 2. The summed E-state index contributed by atoms with van der Waals surface area (Å²) in [7, 11) is 0. The van der Waals surface area contributed by atoms with Crippen molar-refractivity contribution < 1.29 is 9.90 Å². The molecule has 1 heterocycles. The van der Waals surface area contributed by atoms with Crippen molar-refractivity contribution in [3.8, 4) is 0 Å². The molecule has 0 aliphatic heterocycles. The Morgan fingerprint density at radius 2 is 2.22 bits per heavy atom. The summed E-state index contributed by atoms with van der Waals surface area (Å²) in [6.45, 7) is 6.17. The number of nitrogens with zero attached hydrogens (tertiary/aromatic N) is 1. The van der Waals surface area contributed by atoms with Gasteiger partial charge >= 0.3 is 6.03 Å². The lowest BCUT2D eigenvalue weighted by Crippen LogP contribution is -2.33. The van der Waals surface area contributed by atoms with Gasteiger partial charge in [-0.2, -0.15) is 0 Å². The largest absolute Gasteiger partial charge is 0.393 e. The van der Waals surface area contributed by atoms with Gasteiger partial charge in [-0.1, -0.05) is 6.92 Å². The van der Waals surface area contributed by atoms with Crippen LogP contribution in [-0.2, 0) is 0 Å². The fourth-order valence-electron chi connectivity index (χ4n) is 1.71. The lowest BCUT2D eigenvalue weighted by atomic mass is 10.1. The lowest BCUT2D eigenvalue weighted by Gasteiger charge is -2.15. The maximum absolute atomic E-state index is 11.6. The first-order valence-corrected chi connectivity index (χ1v) is 6.12. The Balaban J connectivity index is 2.36. The van der Waals surface area contributed by atoms with Crippen LogP contribution in [0.25, 0.3) is 0 Å². The zero-order chi connectivity index (χ0) is 13.5. The molecule has 0 spiro atoms. The summed E-state index contributed by atoms with van der Waals surface area (Å²) in [4.78, 5) is 15.6. The summed E-state index contributed by atoms with van der Waals surface area (Å²) in [5.74, 6) is 0.245. The third-order valence-electron chi connectivity index (χ3n) is 2.62. The number of aromatic nitrogens is 1. The summed E-state index contributed by atoms with van der Waals surface area (Å²) in [5, 5.41) is 14.8. The van der Waals surface area contributed by atoms with Crippen LogP contribution >= 0.6 is 0 Å². The average Bonchev–Trinajstić information content (AvgIpc) is 2.29. The van der Waals surface area contributed by atoms with Crippen LogP contribution < -0.4 is 10.6 Å². The molecule has 100 valence electrons. The molecular formula is C13H21N3O2. The molecule has 2 amide bonds. The molecule has 5 nitrogen and oxygen atoms in total. The minimum absolute atomic E-state index is 0.234. The number of carbonyl (C=O) groups excluding carboxylic acids is 1. The van der Waals surface area contributed by atoms with Gasteiger partial charge in [0.15, 0.2) is 0 Å². The molecule has 1 aromatic heterocycles. The summed E-state index contributed by atoms with van der Waals surface area (Å²) >= 11 is 0. The number of hydrogen-bond acceptors (Lipinski definition) is 3. The van der Waals surface area contributed by atoms with E-state index < -0.39 is 0 Å². The van der Waals surface area contributed by atoms with E-state index in [0.29, 0.717) is 13.0 Å². The molecule has 0 radical (unpaired) electrons. The third-order valence-corrected chi connectivity index (χ3v) is 2.62. The van der Waals surface area contributed by atoms with Crippen LogP contribution in [0.15, 0.2) is 18.5 Å². The summed E-state index contributed by atoms with van der Waals surface area (Å²) in [6.07, 6.45) is 3.67. The molecule has 18 heavy (non-hydrogen) atoms. The van der Waals surface area contributed by atoms with Gasteiger partial charge in [-0.05, 0) is 37.8 Å². The number of rotatable bonds is 5. The number of carbonyl (C=O) groups is 1. The smallest absolute Gasteiger partial charge is 0.319 e. The SMILES string of the molecule is Cc1cnccc1NC(=O)NCC(C)CC(C)O. The van der Waals surface area contributed by atoms with Crippen molar-refractivity contribution in [1.82, 2.24) is 10.3 Å². The highest BCUT2D eigenvalue weighted by Gasteiger charge is 2.08. The van der Waals surface area contributed by atoms with Crippen LogP contribution in [0, 0.1) is 12.8 Å². The molecule has 3 N–H and O–H groups in total. The molecule has 5 heteroatoms. The molecule has 2 unspecified atom stereocenters. The van der Waals surface area contributed by atoms with E-state index in [0.717, 1.165) is 11.3 Å². The van der Waals surface area contributed by atoms with E-state index in [-0.39, 0.29) is 18.1 Å². The zero-order valence-electron chi connectivity index (χ0n) is 11.1. The molecule has 0 saturated carbocycles. The number of aliphatic hydroxyl groups excluding tert-OH is 1. The minimum atomic E-state index is -0.340. The van der Waals surface area contributed by atoms with Crippen molar-refractivity contribution in [3.05, 3.63) is 24.0 Å². The van der Waals surface area contributed by atoms with Crippen LogP contribution in [0.2, 0.25) is 0 Å². The maximum atomic E-state index is 11.6. The number of nitrogens with one attached hydrogen (secondary N) is 2. The second kappa shape index (κ2) is 6.96. The number of hydrogen-bond donors (Lipinski definition) is 3. The minimum Gasteiger partial charge on any atom is -0.393 e. The van der Waals surface area contributed by atoms with Gasteiger partial charge in [0.25, 0.3) is 0 Å². The van der Waals surface area contributed by atoms with E-state index in [9.17, 15) is 9.90 Å². The number of urea groups is 1. The summed E-state index contributed by atoms with van der Waals surface area (Å²) < 4.78 is 0. The van der Waals surface area contributed by atoms with Gasteiger partial charge < -0.3 is 15.7 Å². The lowest BCUT2D eigenvalue weighted by molar-refractivity contribution is 0.163. The van der Waals surface area contributed by atoms with E-state index in [1.807, 2.05) is 13.8 Å². The van der Waals surface area contributed by atoms with E-state index in [1.165, 1.54) is 0 Å². The summed E-state index contributed by atoms with van der Waals surface area (Å²) in [5.41, 5.74) is 1.68. The van der Waals surface area contributed by atoms with E-state index >= 15 is 0 Å². The van der Waals surface area contributed by atoms with Crippen molar-refractivity contribution in [2.24, 2.45) is 5.92 Å². The fraction of sp³-hybridized carbons (Fsp3) is 0.538. The maximum Gasteiger partial charge on any atom is 0.319 e. The Morgan fingerprint density at radius 1 is 1.50 bits per heavy atom. The quantitative estimate of drug-likeness (QED) is 0.748. The van der Waals surface area contributed by atoms with Gasteiger partial charge in [0.2, 0.25) is 0 Å². The van der Waals surface area contributed by atoms with Gasteiger partial charge in [0.1, 0.15) is 0 Å². The first-order chi connectivity index (χ1) is 8.49. The van der Waals surface area contributed by atoms with Crippen LogP contribution in [0.3, 0.4) is 0 Å². The molecule has 1 aromatic rings. The Kier molecular flexibility index (Phi) is 5.58. The van der Waals surface area contributed by atoms with Crippen LogP contribution in [0.4, 0.5) is 10.5 Å². The fourth-order valence-corrected chi connectivity index (χ4v) is 1.71. The van der Waals surface area contributed by atoms with Crippen LogP contribution in [-0.4, -0.2) is 28.8 Å². The van der Waals surface area contributed by atoms with E-state index in [4.69, 9.17) is 0 Å². The van der Waals surface area contributed by atoms with Crippen molar-refractivity contribution in [2.45, 2.75) is 33.3 Å². The Bertz CT molecular complexity index is 394. The highest BCUT2D eigenvalue weighted by atomic mass is 16.3. The predicted molar refractivity (Wildman–Crippen MR) is 71.5 cm³/mol. The zero-order valence-corrected chi connectivity index (χ0v) is 11.1. The number of aliphatic hydroxyl groups is 1. The molecule has 0 bridgehead atoms. The van der Waals surface area contributed by atoms with Gasteiger partial charge in [-0.15, -0.1) is 0 Å². The molecule has 0 saturated heterocycles. The second-order valence-corrected chi connectivity index (χ2v) is 4.72. The van der Waals surface area contributed by atoms with Gasteiger partial charge in [0.05, 0.1) is 6.10 Å².